The number of hydrogen-bond acceptors (Lipinski definition) is 5. The molecule has 6 nitrogen and oxygen atoms in total. The van der Waals surface area contributed by atoms with Crippen LogP contribution in [0.4, 0.5) is 0 Å². The zero-order chi connectivity index (χ0) is 27.1. The van der Waals surface area contributed by atoms with E-state index in [-0.39, 0.29) is 12.2 Å². The maximum atomic E-state index is 13.9. The van der Waals surface area contributed by atoms with Crippen LogP contribution in [0.3, 0.4) is 0 Å². The summed E-state index contributed by atoms with van der Waals surface area (Å²) in [5, 5.41) is 0.463. The average molecular weight is 546 g/mol. The Balaban J connectivity index is 1.72. The Bertz CT molecular complexity index is 1790. The number of rotatable bonds is 5. The normalized spacial score (nSPS) is 15.4. The van der Waals surface area contributed by atoms with E-state index in [4.69, 9.17) is 16.3 Å². The molecule has 0 saturated heterocycles. The molecule has 0 aliphatic carbocycles. The van der Waals surface area contributed by atoms with Crippen LogP contribution < -0.4 is 14.9 Å². The summed E-state index contributed by atoms with van der Waals surface area (Å²) in [5.41, 5.74) is 6.59. The largest absolute Gasteiger partial charge is 0.463 e. The molecule has 0 bridgehead atoms. The highest BCUT2D eigenvalue weighted by molar-refractivity contribution is 7.07. The maximum Gasteiger partial charge on any atom is 0.338 e. The number of allylic oxidation sites excluding steroid dienone is 1. The maximum absolute atomic E-state index is 13.9. The molecule has 0 N–H and O–H groups in total. The quantitative estimate of drug-likeness (QED) is 0.325. The van der Waals surface area contributed by atoms with Crippen LogP contribution in [0.5, 0.6) is 0 Å². The number of halogens is 1. The van der Waals surface area contributed by atoms with Gasteiger partial charge in [-0.2, -0.15) is 0 Å². The lowest BCUT2D eigenvalue weighted by Crippen LogP contribution is -2.40. The summed E-state index contributed by atoms with van der Waals surface area (Å²) in [6.45, 7) is 9.93. The van der Waals surface area contributed by atoms with Gasteiger partial charge in [0.15, 0.2) is 4.80 Å². The van der Waals surface area contributed by atoms with Gasteiger partial charge in [0.05, 0.1) is 22.4 Å². The number of aryl methyl sites for hydroxylation is 2. The molecular weight excluding hydrogens is 518 g/mol. The molecule has 4 aromatic rings. The Kier molecular flexibility index (Phi) is 6.99. The van der Waals surface area contributed by atoms with Crippen molar-refractivity contribution in [2.24, 2.45) is 4.99 Å². The number of para-hydroxylation sites is 1. The fourth-order valence-corrected chi connectivity index (χ4v) is 6.32. The number of esters is 1. The SMILES string of the molecule is CCOC(=O)C1=C(C)N=c2s/c(=C\c3cc(C)n(-c4ccccc4C)c3C)c(=O)n2[C@@H]1c1ccccc1Cl. The lowest BCUT2D eigenvalue weighted by Gasteiger charge is -2.25. The van der Waals surface area contributed by atoms with Crippen molar-refractivity contribution in [3.8, 4) is 5.69 Å². The monoisotopic (exact) mass is 545 g/mol. The van der Waals surface area contributed by atoms with Gasteiger partial charge >= 0.3 is 5.97 Å². The van der Waals surface area contributed by atoms with Crippen molar-refractivity contribution in [2.75, 3.05) is 6.61 Å². The first-order chi connectivity index (χ1) is 18.2. The summed E-state index contributed by atoms with van der Waals surface area (Å²) in [5.74, 6) is -0.505. The number of nitrogens with zero attached hydrogens (tertiary/aromatic N) is 3. The Morgan fingerprint density at radius 2 is 1.82 bits per heavy atom. The van der Waals surface area contributed by atoms with Crippen molar-refractivity contribution in [3.05, 3.63) is 119 Å². The molecule has 0 spiro atoms. The number of hydrogen-bond donors (Lipinski definition) is 0. The zero-order valence-corrected chi connectivity index (χ0v) is 23.5. The van der Waals surface area contributed by atoms with Gasteiger partial charge in [-0.25, -0.2) is 9.79 Å². The van der Waals surface area contributed by atoms with Crippen LogP contribution in [0.1, 0.15) is 48.0 Å². The van der Waals surface area contributed by atoms with E-state index in [9.17, 15) is 9.59 Å². The Morgan fingerprint density at radius 3 is 2.53 bits per heavy atom. The predicted octanol–water partition coefficient (Wildman–Crippen LogP) is 5.17. The highest BCUT2D eigenvalue weighted by atomic mass is 35.5. The van der Waals surface area contributed by atoms with Crippen molar-refractivity contribution in [3.63, 3.8) is 0 Å². The number of fused-ring (bicyclic) bond motifs is 1. The first-order valence-corrected chi connectivity index (χ1v) is 13.6. The number of carbonyl (C=O) groups excluding carboxylic acids is 1. The van der Waals surface area contributed by atoms with Crippen LogP contribution in [0.15, 0.2) is 75.7 Å². The van der Waals surface area contributed by atoms with E-state index >= 15 is 0 Å². The van der Waals surface area contributed by atoms with E-state index in [1.807, 2.05) is 36.4 Å². The summed E-state index contributed by atoms with van der Waals surface area (Å²) < 4.78 is 9.66. The number of carbonyl (C=O) groups is 1. The molecule has 2 aromatic heterocycles. The van der Waals surface area contributed by atoms with E-state index in [0.29, 0.717) is 31.2 Å². The van der Waals surface area contributed by atoms with Crippen molar-refractivity contribution < 1.29 is 9.53 Å². The van der Waals surface area contributed by atoms with Gasteiger partial charge in [-0.1, -0.05) is 59.3 Å². The molecule has 194 valence electrons. The fraction of sp³-hybridized carbons (Fsp3) is 0.233. The highest BCUT2D eigenvalue weighted by Crippen LogP contribution is 2.34. The lowest BCUT2D eigenvalue weighted by molar-refractivity contribution is -0.139. The van der Waals surface area contributed by atoms with Gasteiger partial charge < -0.3 is 9.30 Å². The van der Waals surface area contributed by atoms with Gasteiger partial charge in [-0.05, 0) is 75.6 Å². The third-order valence-electron chi connectivity index (χ3n) is 6.83. The van der Waals surface area contributed by atoms with Crippen LogP contribution in [0.25, 0.3) is 11.8 Å². The van der Waals surface area contributed by atoms with Crippen LogP contribution in [0.2, 0.25) is 5.02 Å². The second kappa shape index (κ2) is 10.2. The van der Waals surface area contributed by atoms with Gasteiger partial charge in [0.1, 0.15) is 6.04 Å². The van der Waals surface area contributed by atoms with Crippen LogP contribution >= 0.6 is 22.9 Å². The van der Waals surface area contributed by atoms with Crippen LogP contribution in [0, 0.1) is 20.8 Å². The number of thiazole rings is 1. The molecule has 0 amide bonds. The molecule has 0 radical (unpaired) electrons. The Hall–Kier alpha value is -3.68. The summed E-state index contributed by atoms with van der Waals surface area (Å²) in [6, 6.07) is 16.8. The van der Waals surface area contributed by atoms with Gasteiger partial charge in [0.2, 0.25) is 0 Å². The van der Waals surface area contributed by atoms with Gasteiger partial charge in [0.25, 0.3) is 5.56 Å². The van der Waals surface area contributed by atoms with E-state index in [1.54, 1.807) is 24.5 Å². The summed E-state index contributed by atoms with van der Waals surface area (Å²) >= 11 is 7.90. The molecule has 1 atom stereocenters. The number of ether oxygens (including phenoxy) is 1. The average Bonchev–Trinajstić information content (AvgIpc) is 3.33. The second-order valence-electron chi connectivity index (χ2n) is 9.27. The topological polar surface area (TPSA) is 65.6 Å². The van der Waals surface area contributed by atoms with E-state index < -0.39 is 12.0 Å². The third-order valence-corrected chi connectivity index (χ3v) is 8.16. The van der Waals surface area contributed by atoms with Crippen molar-refractivity contribution >= 4 is 35.0 Å². The number of aromatic nitrogens is 2. The summed E-state index contributed by atoms with van der Waals surface area (Å²) in [4.78, 5) is 32.2. The smallest absolute Gasteiger partial charge is 0.338 e. The van der Waals surface area contributed by atoms with Crippen molar-refractivity contribution in [1.29, 1.82) is 0 Å². The molecule has 1 aliphatic heterocycles. The molecule has 2 aromatic carbocycles. The van der Waals surface area contributed by atoms with E-state index in [2.05, 4.69) is 48.5 Å². The highest BCUT2D eigenvalue weighted by Gasteiger charge is 2.34. The first kappa shape index (κ1) is 25.9. The van der Waals surface area contributed by atoms with Gasteiger partial charge in [-0.3, -0.25) is 9.36 Å². The molecule has 0 fully saturated rings. The third kappa shape index (κ3) is 4.36. The molecule has 8 heteroatoms. The minimum atomic E-state index is -0.736. The molecule has 38 heavy (non-hydrogen) atoms. The Labute approximate surface area is 229 Å². The minimum Gasteiger partial charge on any atom is -0.463 e. The van der Waals surface area contributed by atoms with Crippen LogP contribution in [-0.4, -0.2) is 21.7 Å². The molecule has 1 aliphatic rings. The van der Waals surface area contributed by atoms with Crippen LogP contribution in [-0.2, 0) is 9.53 Å². The molecule has 0 unspecified atom stereocenters. The molecule has 0 saturated carbocycles. The first-order valence-electron chi connectivity index (χ1n) is 12.4. The molecule has 3 heterocycles. The van der Waals surface area contributed by atoms with Crippen molar-refractivity contribution in [1.82, 2.24) is 9.13 Å². The summed E-state index contributed by atoms with van der Waals surface area (Å²) in [6.07, 6.45) is 1.91. The van der Waals surface area contributed by atoms with Gasteiger partial charge in [-0.15, -0.1) is 0 Å². The standard InChI is InChI=1S/C30H28ClN3O3S/c1-6-37-29(36)26-19(4)32-30-34(27(26)22-12-8-9-13-23(22)31)28(35)25(38-30)16-21-15-18(3)33(20(21)5)24-14-10-7-11-17(24)2/h7-16,27H,6H2,1-5H3/b25-16-/t27-/m1/s1. The molecule has 5 rings (SSSR count). The van der Waals surface area contributed by atoms with Crippen molar-refractivity contribution in [2.45, 2.75) is 40.7 Å². The fourth-order valence-electron chi connectivity index (χ4n) is 5.04. The second-order valence-corrected chi connectivity index (χ2v) is 10.7. The predicted molar refractivity (Wildman–Crippen MR) is 152 cm³/mol. The summed E-state index contributed by atoms with van der Waals surface area (Å²) in [7, 11) is 0. The minimum absolute atomic E-state index is 0.214. The van der Waals surface area contributed by atoms with E-state index in [1.165, 1.54) is 16.9 Å². The zero-order valence-electron chi connectivity index (χ0n) is 21.9. The van der Waals surface area contributed by atoms with E-state index in [0.717, 1.165) is 22.6 Å². The van der Waals surface area contributed by atoms with Gasteiger partial charge in [0, 0.05) is 22.1 Å². The Morgan fingerprint density at radius 1 is 1.11 bits per heavy atom. The molecular formula is C30H28ClN3O3S. The lowest BCUT2D eigenvalue weighted by atomic mass is 9.96. The number of benzene rings is 2.